The van der Waals surface area contributed by atoms with Crippen molar-refractivity contribution < 1.29 is 42.1 Å². The number of carbonyl (C=O) groups excluding carboxylic acids is 1. The van der Waals surface area contributed by atoms with Crippen molar-refractivity contribution in [3.05, 3.63) is 53.3 Å². The first-order valence-corrected chi connectivity index (χ1v) is 11.5. The maximum absolute atomic E-state index is 12.5. The quantitative estimate of drug-likeness (QED) is 0.499. The van der Waals surface area contributed by atoms with Crippen molar-refractivity contribution in [2.75, 3.05) is 51.9 Å². The van der Waals surface area contributed by atoms with E-state index in [1.54, 1.807) is 7.11 Å². The van der Waals surface area contributed by atoms with Crippen LogP contribution in [0.5, 0.6) is 0 Å². The van der Waals surface area contributed by atoms with Gasteiger partial charge in [-0.25, -0.2) is 14.8 Å². The second-order valence-electron chi connectivity index (χ2n) is 8.59. The van der Waals surface area contributed by atoms with Gasteiger partial charge in [-0.2, -0.15) is 13.2 Å². The van der Waals surface area contributed by atoms with Crippen molar-refractivity contribution in [1.29, 1.82) is 0 Å². The maximum atomic E-state index is 12.5. The highest BCUT2D eigenvalue weighted by molar-refractivity contribution is 5.78. The fourth-order valence-corrected chi connectivity index (χ4v) is 4.05. The molecule has 10 nitrogen and oxygen atoms in total. The first-order valence-electron chi connectivity index (χ1n) is 11.5. The number of aliphatic carboxylic acids is 1. The fourth-order valence-electron chi connectivity index (χ4n) is 4.05. The van der Waals surface area contributed by atoms with E-state index in [0.717, 1.165) is 17.7 Å². The molecule has 3 heterocycles. The second kappa shape index (κ2) is 12.8. The Morgan fingerprint density at radius 3 is 2.65 bits per heavy atom. The number of carbonyl (C=O) groups is 2. The van der Waals surface area contributed by atoms with Crippen molar-refractivity contribution in [3.8, 4) is 0 Å². The van der Waals surface area contributed by atoms with Crippen molar-refractivity contribution >= 4 is 17.8 Å². The Morgan fingerprint density at radius 1 is 1.24 bits per heavy atom. The Labute approximate surface area is 211 Å². The lowest BCUT2D eigenvalue weighted by atomic mass is 9.80. The summed E-state index contributed by atoms with van der Waals surface area (Å²) in [5.41, 5.74) is 2.87. The lowest BCUT2D eigenvalue weighted by Gasteiger charge is -2.34. The molecule has 1 aromatic carbocycles. The molecule has 202 valence electrons. The van der Waals surface area contributed by atoms with Gasteiger partial charge in [0, 0.05) is 38.5 Å². The third kappa shape index (κ3) is 7.84. The number of anilines is 1. The molecule has 1 atom stereocenters. The largest absolute Gasteiger partial charge is 0.490 e. The number of benzene rings is 1. The minimum atomic E-state index is -5.08. The summed E-state index contributed by atoms with van der Waals surface area (Å²) in [5, 5.41) is 10.4. The zero-order chi connectivity index (χ0) is 26.9. The molecule has 1 unspecified atom stereocenters. The van der Waals surface area contributed by atoms with Crippen LogP contribution < -0.4 is 5.32 Å². The molecule has 2 aromatic rings. The summed E-state index contributed by atoms with van der Waals surface area (Å²) in [5.74, 6) is -2.16. The first kappa shape index (κ1) is 28.3. The molecular formula is C24H29F3N4O6. The van der Waals surface area contributed by atoms with Gasteiger partial charge in [0.05, 0.1) is 37.5 Å². The fraction of sp³-hybridized carbons (Fsp3) is 0.500. The van der Waals surface area contributed by atoms with Gasteiger partial charge in [-0.3, -0.25) is 4.79 Å². The van der Waals surface area contributed by atoms with Crippen molar-refractivity contribution in [1.82, 2.24) is 14.9 Å². The maximum Gasteiger partial charge on any atom is 0.490 e. The average Bonchev–Trinajstić information content (AvgIpc) is 3.31. The number of ether oxygens (including phenoxy) is 3. The average molecular weight is 527 g/mol. The van der Waals surface area contributed by atoms with Crippen LogP contribution in [0, 0.1) is 0 Å². The predicted molar refractivity (Wildman–Crippen MR) is 125 cm³/mol. The summed E-state index contributed by atoms with van der Waals surface area (Å²) in [4.78, 5) is 32.6. The number of likely N-dealkylation sites (tertiary alicyclic amines) is 1. The highest BCUT2D eigenvalue weighted by Crippen LogP contribution is 2.39. The van der Waals surface area contributed by atoms with E-state index in [-0.39, 0.29) is 17.9 Å². The van der Waals surface area contributed by atoms with Crippen molar-refractivity contribution in [2.24, 2.45) is 0 Å². The predicted octanol–water partition coefficient (Wildman–Crippen LogP) is 2.39. The molecule has 1 amide bonds. The highest BCUT2D eigenvalue weighted by Gasteiger charge is 2.46. The Hall–Kier alpha value is -3.29. The van der Waals surface area contributed by atoms with Crippen LogP contribution in [-0.4, -0.2) is 84.7 Å². The van der Waals surface area contributed by atoms with Gasteiger partial charge in [0.2, 0.25) is 11.9 Å². The van der Waals surface area contributed by atoms with Crippen LogP contribution in [0.25, 0.3) is 0 Å². The SMILES string of the molecule is COCCOCC(=O)N1CCC2(COCc3cnc(NCc4ccccc4)nc32)C1.O=C(O)C(F)(F)F. The van der Waals surface area contributed by atoms with Gasteiger partial charge >= 0.3 is 12.1 Å². The molecule has 0 saturated carbocycles. The molecule has 1 fully saturated rings. The lowest BCUT2D eigenvalue weighted by molar-refractivity contribution is -0.192. The monoisotopic (exact) mass is 526 g/mol. The lowest BCUT2D eigenvalue weighted by Crippen LogP contribution is -2.42. The number of carboxylic acid groups (broad SMARTS) is 1. The van der Waals surface area contributed by atoms with Gasteiger partial charge in [-0.15, -0.1) is 0 Å². The molecule has 0 bridgehead atoms. The number of nitrogens with one attached hydrogen (secondary N) is 1. The molecule has 0 radical (unpaired) electrons. The number of nitrogens with zero attached hydrogens (tertiary/aromatic N) is 3. The van der Waals surface area contributed by atoms with Crippen LogP contribution in [0.15, 0.2) is 36.5 Å². The van der Waals surface area contributed by atoms with Gasteiger partial charge in [-0.05, 0) is 12.0 Å². The molecule has 2 aliphatic heterocycles. The Morgan fingerprint density at radius 2 is 1.97 bits per heavy atom. The van der Waals surface area contributed by atoms with E-state index in [9.17, 15) is 18.0 Å². The standard InChI is InChI=1S/C22H28N4O4.C2HF3O2/c1-28-9-10-29-14-19(27)26-8-7-22(15-26)16-30-13-18-12-24-21(25-20(18)22)23-11-17-5-3-2-4-6-17;3-2(4,5)1(6)7/h2-6,12H,7-11,13-16H2,1H3,(H,23,24,25);(H,6,7). The Kier molecular flexibility index (Phi) is 9.78. The van der Waals surface area contributed by atoms with E-state index in [4.69, 9.17) is 29.1 Å². The molecule has 2 aliphatic rings. The van der Waals surface area contributed by atoms with Gasteiger partial charge < -0.3 is 29.5 Å². The molecule has 2 N–H and O–H groups in total. The minimum absolute atomic E-state index is 0.00779. The molecule has 1 spiro atoms. The summed E-state index contributed by atoms with van der Waals surface area (Å²) in [7, 11) is 1.61. The number of methoxy groups -OCH3 is 1. The van der Waals surface area contributed by atoms with E-state index in [0.29, 0.717) is 52.0 Å². The number of carboxylic acids is 1. The number of hydrogen-bond donors (Lipinski definition) is 2. The molecule has 1 aromatic heterocycles. The van der Waals surface area contributed by atoms with E-state index in [1.807, 2.05) is 29.3 Å². The van der Waals surface area contributed by atoms with Gasteiger partial charge in [0.1, 0.15) is 6.61 Å². The number of amides is 1. The van der Waals surface area contributed by atoms with Crippen molar-refractivity contribution in [3.63, 3.8) is 0 Å². The summed E-state index contributed by atoms with van der Waals surface area (Å²) in [6, 6.07) is 10.2. The topological polar surface area (TPSA) is 123 Å². The zero-order valence-electron chi connectivity index (χ0n) is 20.3. The third-order valence-corrected chi connectivity index (χ3v) is 5.90. The number of hydrogen-bond acceptors (Lipinski definition) is 8. The molecule has 1 saturated heterocycles. The molecule has 13 heteroatoms. The van der Waals surface area contributed by atoms with Crippen LogP contribution in [0.1, 0.15) is 23.2 Å². The zero-order valence-corrected chi connectivity index (χ0v) is 20.3. The summed E-state index contributed by atoms with van der Waals surface area (Å²) in [6.07, 6.45) is -2.42. The molecular weight excluding hydrogens is 497 g/mol. The van der Waals surface area contributed by atoms with E-state index >= 15 is 0 Å². The Balaban J connectivity index is 0.000000479. The minimum Gasteiger partial charge on any atom is -0.475 e. The number of fused-ring (bicyclic) bond motifs is 2. The summed E-state index contributed by atoms with van der Waals surface area (Å²) in [6.45, 7) is 3.94. The number of alkyl halides is 3. The normalized spacial score (nSPS) is 18.6. The first-order chi connectivity index (χ1) is 17.6. The molecule has 4 rings (SSSR count). The van der Waals surface area contributed by atoms with E-state index in [1.165, 1.54) is 5.56 Å². The molecule has 0 aliphatic carbocycles. The van der Waals surface area contributed by atoms with Crippen LogP contribution in [0.2, 0.25) is 0 Å². The smallest absolute Gasteiger partial charge is 0.475 e. The number of rotatable bonds is 8. The second-order valence-corrected chi connectivity index (χ2v) is 8.59. The van der Waals surface area contributed by atoms with Crippen LogP contribution in [0.4, 0.5) is 19.1 Å². The third-order valence-electron chi connectivity index (χ3n) is 5.90. The number of aromatic nitrogens is 2. The van der Waals surface area contributed by atoms with E-state index in [2.05, 4.69) is 22.4 Å². The summed E-state index contributed by atoms with van der Waals surface area (Å²) >= 11 is 0. The number of halogens is 3. The molecule has 37 heavy (non-hydrogen) atoms. The van der Waals surface area contributed by atoms with Crippen molar-refractivity contribution in [2.45, 2.75) is 31.2 Å². The van der Waals surface area contributed by atoms with Gasteiger partial charge in [0.15, 0.2) is 0 Å². The summed E-state index contributed by atoms with van der Waals surface area (Å²) < 4.78 is 47.9. The Bertz CT molecular complexity index is 1060. The van der Waals surface area contributed by atoms with Crippen LogP contribution in [0.3, 0.4) is 0 Å². The van der Waals surface area contributed by atoms with Gasteiger partial charge in [-0.1, -0.05) is 30.3 Å². The van der Waals surface area contributed by atoms with Gasteiger partial charge in [0.25, 0.3) is 0 Å². The van der Waals surface area contributed by atoms with Crippen LogP contribution in [-0.2, 0) is 42.4 Å². The van der Waals surface area contributed by atoms with Crippen LogP contribution >= 0.6 is 0 Å². The highest BCUT2D eigenvalue weighted by atomic mass is 19.4. The van der Waals surface area contributed by atoms with E-state index < -0.39 is 12.1 Å².